The van der Waals surface area contributed by atoms with Gasteiger partial charge in [-0.05, 0) is 5.56 Å². The molecule has 1 aliphatic rings. The van der Waals surface area contributed by atoms with Crippen LogP contribution in [0.1, 0.15) is 17.3 Å². The number of benzene rings is 1. The van der Waals surface area contributed by atoms with E-state index in [-0.39, 0.29) is 0 Å². The van der Waals surface area contributed by atoms with Crippen molar-refractivity contribution in [3.05, 3.63) is 54.1 Å². The molecule has 0 saturated carbocycles. The fourth-order valence-electron chi connectivity index (χ4n) is 2.66. The minimum atomic E-state index is 0.544. The quantitative estimate of drug-likeness (QED) is 0.808. The van der Waals surface area contributed by atoms with E-state index in [1.165, 1.54) is 11.4 Å². The molecule has 0 N–H and O–H groups in total. The molecular weight excluding hydrogens is 302 g/mol. The normalized spacial score (nSPS) is 17.1. The highest BCUT2D eigenvalue weighted by molar-refractivity contribution is 9.09. The highest BCUT2D eigenvalue weighted by Crippen LogP contribution is 2.21. The molecule has 0 aliphatic carbocycles. The summed E-state index contributed by atoms with van der Waals surface area (Å²) in [6.07, 6.45) is 3.98. The molecule has 0 amide bonds. The van der Waals surface area contributed by atoms with Gasteiger partial charge in [0.05, 0.1) is 6.54 Å². The summed E-state index contributed by atoms with van der Waals surface area (Å²) < 4.78 is 2.25. The summed E-state index contributed by atoms with van der Waals surface area (Å²) in [7, 11) is 0. The van der Waals surface area contributed by atoms with Gasteiger partial charge in [-0.25, -0.2) is 4.98 Å². The van der Waals surface area contributed by atoms with Gasteiger partial charge in [0, 0.05) is 43.3 Å². The van der Waals surface area contributed by atoms with Crippen molar-refractivity contribution in [1.82, 2.24) is 14.5 Å². The molecule has 1 atom stereocenters. The SMILES string of the molecule is BrCC(CN1CCn2ccnc2C1)c1ccccc1. The van der Waals surface area contributed by atoms with E-state index in [0.717, 1.165) is 31.5 Å². The molecule has 0 spiro atoms. The van der Waals surface area contributed by atoms with E-state index in [9.17, 15) is 0 Å². The second kappa shape index (κ2) is 5.88. The van der Waals surface area contributed by atoms with Crippen LogP contribution in [0.15, 0.2) is 42.7 Å². The molecule has 3 nitrogen and oxygen atoms in total. The fraction of sp³-hybridized carbons (Fsp3) is 0.400. The minimum absolute atomic E-state index is 0.544. The Hall–Kier alpha value is -1.13. The van der Waals surface area contributed by atoms with Crippen LogP contribution >= 0.6 is 15.9 Å². The van der Waals surface area contributed by atoms with Crippen molar-refractivity contribution in [2.24, 2.45) is 0 Å². The number of fused-ring (bicyclic) bond motifs is 1. The van der Waals surface area contributed by atoms with Crippen LogP contribution in [0.2, 0.25) is 0 Å². The van der Waals surface area contributed by atoms with Crippen LogP contribution < -0.4 is 0 Å². The molecule has 1 aromatic heterocycles. The van der Waals surface area contributed by atoms with Crippen molar-refractivity contribution < 1.29 is 0 Å². The van der Waals surface area contributed by atoms with Crippen LogP contribution in [-0.4, -0.2) is 32.9 Å². The Morgan fingerprint density at radius 1 is 1.21 bits per heavy atom. The van der Waals surface area contributed by atoms with Gasteiger partial charge in [-0.1, -0.05) is 46.3 Å². The molecule has 100 valence electrons. The van der Waals surface area contributed by atoms with E-state index in [1.54, 1.807) is 0 Å². The first kappa shape index (κ1) is 12.9. The molecule has 0 fully saturated rings. The zero-order chi connectivity index (χ0) is 13.1. The van der Waals surface area contributed by atoms with Crippen LogP contribution in [0.3, 0.4) is 0 Å². The summed E-state index contributed by atoms with van der Waals surface area (Å²) in [5.41, 5.74) is 1.41. The zero-order valence-electron chi connectivity index (χ0n) is 10.9. The third-order valence-electron chi connectivity index (χ3n) is 3.76. The lowest BCUT2D eigenvalue weighted by molar-refractivity contribution is 0.208. The van der Waals surface area contributed by atoms with E-state index >= 15 is 0 Å². The van der Waals surface area contributed by atoms with Crippen LogP contribution in [0, 0.1) is 0 Å². The van der Waals surface area contributed by atoms with Gasteiger partial charge in [-0.15, -0.1) is 0 Å². The minimum Gasteiger partial charge on any atom is -0.333 e. The Morgan fingerprint density at radius 3 is 2.84 bits per heavy atom. The Morgan fingerprint density at radius 2 is 2.05 bits per heavy atom. The largest absolute Gasteiger partial charge is 0.333 e. The van der Waals surface area contributed by atoms with Crippen molar-refractivity contribution in [2.75, 3.05) is 18.4 Å². The second-order valence-electron chi connectivity index (χ2n) is 5.03. The van der Waals surface area contributed by atoms with Gasteiger partial charge in [0.25, 0.3) is 0 Å². The summed E-state index contributed by atoms with van der Waals surface area (Å²) >= 11 is 3.66. The van der Waals surface area contributed by atoms with Crippen LogP contribution in [-0.2, 0) is 13.1 Å². The van der Waals surface area contributed by atoms with E-state index in [4.69, 9.17) is 0 Å². The molecule has 2 heterocycles. The number of halogens is 1. The number of aromatic nitrogens is 2. The smallest absolute Gasteiger partial charge is 0.122 e. The van der Waals surface area contributed by atoms with Crippen LogP contribution in [0.25, 0.3) is 0 Å². The summed E-state index contributed by atoms with van der Waals surface area (Å²) in [6.45, 7) is 4.21. The highest BCUT2D eigenvalue weighted by atomic mass is 79.9. The standard InChI is InChI=1S/C15H18BrN3/c16-10-14(13-4-2-1-3-5-13)11-18-8-9-19-7-6-17-15(19)12-18/h1-7,14H,8-12H2. The van der Waals surface area contributed by atoms with Crippen molar-refractivity contribution >= 4 is 15.9 Å². The number of alkyl halides is 1. The first-order chi connectivity index (χ1) is 9.36. The van der Waals surface area contributed by atoms with Gasteiger partial charge in [0.1, 0.15) is 5.82 Å². The van der Waals surface area contributed by atoms with Crippen molar-refractivity contribution in [3.8, 4) is 0 Å². The van der Waals surface area contributed by atoms with Gasteiger partial charge in [0.15, 0.2) is 0 Å². The molecule has 2 aromatic rings. The van der Waals surface area contributed by atoms with Gasteiger partial charge in [0.2, 0.25) is 0 Å². The Balaban J connectivity index is 1.68. The lowest BCUT2D eigenvalue weighted by Crippen LogP contribution is -2.36. The molecule has 4 heteroatoms. The molecule has 3 rings (SSSR count). The molecule has 0 bridgehead atoms. The molecule has 1 aliphatic heterocycles. The van der Waals surface area contributed by atoms with E-state index in [2.05, 4.69) is 66.9 Å². The van der Waals surface area contributed by atoms with Crippen molar-refractivity contribution in [1.29, 1.82) is 0 Å². The first-order valence-corrected chi connectivity index (χ1v) is 7.82. The maximum atomic E-state index is 4.42. The monoisotopic (exact) mass is 319 g/mol. The molecule has 0 radical (unpaired) electrons. The van der Waals surface area contributed by atoms with Gasteiger partial charge >= 0.3 is 0 Å². The molecule has 1 unspecified atom stereocenters. The summed E-state index contributed by atoms with van der Waals surface area (Å²) in [4.78, 5) is 6.92. The maximum Gasteiger partial charge on any atom is 0.122 e. The molecule has 0 saturated heterocycles. The summed E-state index contributed by atoms with van der Waals surface area (Å²) in [5, 5.41) is 1.00. The predicted molar refractivity (Wildman–Crippen MR) is 80.5 cm³/mol. The second-order valence-corrected chi connectivity index (χ2v) is 5.68. The first-order valence-electron chi connectivity index (χ1n) is 6.70. The number of nitrogens with zero attached hydrogens (tertiary/aromatic N) is 3. The van der Waals surface area contributed by atoms with Crippen LogP contribution in [0.4, 0.5) is 0 Å². The average Bonchev–Trinajstić information content (AvgIpc) is 2.93. The number of hydrogen-bond acceptors (Lipinski definition) is 2. The van der Waals surface area contributed by atoms with Crippen LogP contribution in [0.5, 0.6) is 0 Å². The highest BCUT2D eigenvalue weighted by Gasteiger charge is 2.20. The van der Waals surface area contributed by atoms with E-state index < -0.39 is 0 Å². The van der Waals surface area contributed by atoms with Gasteiger partial charge < -0.3 is 4.57 Å². The third-order valence-corrected chi connectivity index (χ3v) is 4.54. The lowest BCUT2D eigenvalue weighted by atomic mass is 10.0. The Kier molecular flexibility index (Phi) is 3.99. The number of hydrogen-bond donors (Lipinski definition) is 0. The number of imidazole rings is 1. The van der Waals surface area contributed by atoms with E-state index in [1.807, 2.05) is 6.20 Å². The Labute approximate surface area is 122 Å². The molecular formula is C15H18BrN3. The van der Waals surface area contributed by atoms with Crippen molar-refractivity contribution in [3.63, 3.8) is 0 Å². The van der Waals surface area contributed by atoms with Crippen molar-refractivity contribution in [2.45, 2.75) is 19.0 Å². The topological polar surface area (TPSA) is 21.1 Å². The van der Waals surface area contributed by atoms with Gasteiger partial charge in [-0.2, -0.15) is 0 Å². The molecule has 19 heavy (non-hydrogen) atoms. The third kappa shape index (κ3) is 2.90. The molecule has 1 aromatic carbocycles. The maximum absolute atomic E-state index is 4.42. The predicted octanol–water partition coefficient (Wildman–Crippen LogP) is 2.88. The van der Waals surface area contributed by atoms with E-state index in [0.29, 0.717) is 5.92 Å². The summed E-state index contributed by atoms with van der Waals surface area (Å²) in [5.74, 6) is 1.73. The fourth-order valence-corrected chi connectivity index (χ4v) is 3.24. The average molecular weight is 320 g/mol. The Bertz CT molecular complexity index is 523. The lowest BCUT2D eigenvalue weighted by Gasteiger charge is -2.30. The zero-order valence-corrected chi connectivity index (χ0v) is 12.5. The number of rotatable bonds is 4. The summed E-state index contributed by atoms with van der Waals surface area (Å²) in [6, 6.07) is 10.8. The van der Waals surface area contributed by atoms with Gasteiger partial charge in [-0.3, -0.25) is 4.90 Å².